The molecule has 4 N–H and O–H groups in total. The van der Waals surface area contributed by atoms with E-state index in [2.05, 4.69) is 49.2 Å². The molecule has 2 saturated heterocycles. The Hall–Kier alpha value is -3.38. The summed E-state index contributed by atoms with van der Waals surface area (Å²) in [5.74, 6) is -0.0731. The van der Waals surface area contributed by atoms with Crippen LogP contribution in [0.2, 0.25) is 0 Å². The van der Waals surface area contributed by atoms with Crippen LogP contribution < -0.4 is 11.1 Å². The number of nitrogens with two attached hydrogens (primary N) is 1. The summed E-state index contributed by atoms with van der Waals surface area (Å²) < 4.78 is 0. The third-order valence-electron chi connectivity index (χ3n) is 8.49. The van der Waals surface area contributed by atoms with Crippen molar-refractivity contribution in [1.29, 1.82) is 0 Å². The van der Waals surface area contributed by atoms with Gasteiger partial charge in [0.25, 0.3) is 5.91 Å². The zero-order valence-electron chi connectivity index (χ0n) is 23.2. The Morgan fingerprint density at radius 2 is 1.88 bits per heavy atom. The number of carbonyl (C=O) groups excluding carboxylic acids is 2. The van der Waals surface area contributed by atoms with Crippen LogP contribution in [0.4, 0.5) is 11.1 Å². The van der Waals surface area contributed by atoms with Crippen LogP contribution in [-0.2, 0) is 23.1 Å². The molecule has 1 aliphatic carbocycles. The van der Waals surface area contributed by atoms with Crippen LogP contribution in [0.1, 0.15) is 79.7 Å². The number of H-pyrrole nitrogens is 1. The molecule has 40 heavy (non-hydrogen) atoms. The summed E-state index contributed by atoms with van der Waals surface area (Å²) in [5, 5.41) is 12.5. The third-order valence-corrected chi connectivity index (χ3v) is 9.30. The molecule has 0 unspecified atom stereocenters. The van der Waals surface area contributed by atoms with Gasteiger partial charge in [0.05, 0.1) is 23.5 Å². The number of piperidine rings is 1. The number of nitrogen functional groups attached to an aromatic ring is 1. The van der Waals surface area contributed by atoms with Crippen LogP contribution in [0.25, 0.3) is 11.4 Å². The SMILES string of the molecule is CC1(C)Cc2cnc(N)nc2-c2[nH]nc(C(=O)Nc3nc(CC(=O)N4CCC(N5CCCCCC5)CC4)cs3)c21. The molecule has 12 heteroatoms. The minimum absolute atomic E-state index is 0.0977. The van der Waals surface area contributed by atoms with E-state index < -0.39 is 0 Å². The van der Waals surface area contributed by atoms with E-state index in [1.807, 2.05) is 10.3 Å². The highest BCUT2D eigenvalue weighted by Gasteiger charge is 2.38. The summed E-state index contributed by atoms with van der Waals surface area (Å²) in [6.45, 7) is 8.13. The van der Waals surface area contributed by atoms with Crippen molar-refractivity contribution >= 4 is 34.2 Å². The summed E-state index contributed by atoms with van der Waals surface area (Å²) in [5.41, 5.74) is 9.58. The monoisotopic (exact) mass is 563 g/mol. The number of hydrogen-bond donors (Lipinski definition) is 3. The fourth-order valence-electron chi connectivity index (χ4n) is 6.48. The lowest BCUT2D eigenvalue weighted by Crippen LogP contribution is -2.47. The van der Waals surface area contributed by atoms with E-state index in [9.17, 15) is 9.59 Å². The van der Waals surface area contributed by atoms with E-state index in [0.717, 1.165) is 37.1 Å². The van der Waals surface area contributed by atoms with Crippen LogP contribution >= 0.6 is 11.3 Å². The average Bonchev–Trinajstić information content (AvgIpc) is 3.49. The van der Waals surface area contributed by atoms with Crippen molar-refractivity contribution in [3.05, 3.63) is 34.1 Å². The normalized spacial score (nSPS) is 19.5. The number of hydrogen-bond acceptors (Lipinski definition) is 9. The predicted molar refractivity (Wildman–Crippen MR) is 154 cm³/mol. The highest BCUT2D eigenvalue weighted by Crippen LogP contribution is 2.42. The van der Waals surface area contributed by atoms with Crippen molar-refractivity contribution in [2.24, 2.45) is 0 Å². The van der Waals surface area contributed by atoms with Gasteiger partial charge in [0.2, 0.25) is 11.9 Å². The first-order valence-corrected chi connectivity index (χ1v) is 15.1. The Morgan fingerprint density at radius 1 is 1.12 bits per heavy atom. The molecule has 0 spiro atoms. The second kappa shape index (κ2) is 10.9. The number of thiazole rings is 1. The van der Waals surface area contributed by atoms with Gasteiger partial charge in [-0.1, -0.05) is 26.7 Å². The molecule has 0 atom stereocenters. The Balaban J connectivity index is 1.08. The molecular formula is C28H37N9O2S. The molecule has 11 nitrogen and oxygen atoms in total. The number of aromatic amines is 1. The first kappa shape index (κ1) is 26.8. The maximum atomic E-state index is 13.3. The van der Waals surface area contributed by atoms with Crippen molar-refractivity contribution in [2.75, 3.05) is 37.2 Å². The summed E-state index contributed by atoms with van der Waals surface area (Å²) in [7, 11) is 0. The van der Waals surface area contributed by atoms with Gasteiger partial charge in [0.1, 0.15) is 0 Å². The lowest BCUT2D eigenvalue weighted by molar-refractivity contribution is -0.132. The van der Waals surface area contributed by atoms with E-state index in [4.69, 9.17) is 5.73 Å². The van der Waals surface area contributed by atoms with Gasteiger partial charge in [-0.3, -0.25) is 20.0 Å². The lowest BCUT2D eigenvalue weighted by Gasteiger charge is -2.38. The van der Waals surface area contributed by atoms with Crippen LogP contribution in [0.15, 0.2) is 11.6 Å². The standard InChI is InChI=1S/C28H37N9O2S/c1-28(2)14-17-15-30-26(29)32-22(17)23-21(28)24(35-34-23)25(39)33-27-31-18(16-40-27)13-20(38)37-11-7-19(8-12-37)36-9-5-3-4-6-10-36/h15-16,19H,3-14H2,1-2H3,(H,34,35)(H2,29,30,32)(H,31,33,39). The van der Waals surface area contributed by atoms with E-state index in [-0.39, 0.29) is 29.6 Å². The highest BCUT2D eigenvalue weighted by atomic mass is 32.1. The van der Waals surface area contributed by atoms with Gasteiger partial charge in [0.15, 0.2) is 10.8 Å². The maximum absolute atomic E-state index is 13.3. The molecule has 0 saturated carbocycles. The Bertz CT molecular complexity index is 1400. The van der Waals surface area contributed by atoms with E-state index >= 15 is 0 Å². The average molecular weight is 564 g/mol. The number of likely N-dealkylation sites (tertiary alicyclic amines) is 2. The number of anilines is 2. The number of fused-ring (bicyclic) bond motifs is 3. The molecule has 212 valence electrons. The first-order chi connectivity index (χ1) is 19.3. The number of carbonyl (C=O) groups is 2. The zero-order chi connectivity index (χ0) is 27.9. The van der Waals surface area contributed by atoms with Crippen LogP contribution in [0.5, 0.6) is 0 Å². The molecular weight excluding hydrogens is 526 g/mol. The summed E-state index contributed by atoms with van der Waals surface area (Å²) >= 11 is 1.32. The molecule has 2 amide bonds. The van der Waals surface area contributed by atoms with E-state index in [0.29, 0.717) is 40.4 Å². The van der Waals surface area contributed by atoms with Gasteiger partial charge in [-0.05, 0) is 56.2 Å². The second-order valence-electron chi connectivity index (χ2n) is 11.8. The smallest absolute Gasteiger partial charge is 0.278 e. The zero-order valence-corrected chi connectivity index (χ0v) is 24.0. The van der Waals surface area contributed by atoms with E-state index in [1.54, 1.807) is 6.20 Å². The molecule has 5 heterocycles. The first-order valence-electron chi connectivity index (χ1n) is 14.3. The Morgan fingerprint density at radius 3 is 2.62 bits per heavy atom. The van der Waals surface area contributed by atoms with Crippen molar-refractivity contribution in [1.82, 2.24) is 34.9 Å². The van der Waals surface area contributed by atoms with Crippen LogP contribution in [0.3, 0.4) is 0 Å². The van der Waals surface area contributed by atoms with Gasteiger partial charge >= 0.3 is 0 Å². The fraction of sp³-hybridized carbons (Fsp3) is 0.571. The van der Waals surface area contributed by atoms with Crippen molar-refractivity contribution in [2.45, 2.75) is 76.7 Å². The fourth-order valence-corrected chi connectivity index (χ4v) is 7.18. The highest BCUT2D eigenvalue weighted by molar-refractivity contribution is 7.14. The summed E-state index contributed by atoms with van der Waals surface area (Å²) in [6, 6.07) is 0.597. The second-order valence-corrected chi connectivity index (χ2v) is 12.7. The van der Waals surface area contributed by atoms with Gasteiger partial charge in [-0.2, -0.15) is 5.10 Å². The maximum Gasteiger partial charge on any atom is 0.278 e. The van der Waals surface area contributed by atoms with Gasteiger partial charge in [0, 0.05) is 36.3 Å². The molecule has 3 aliphatic rings. The number of aromatic nitrogens is 5. The third kappa shape index (κ3) is 5.34. The quantitative estimate of drug-likeness (QED) is 0.428. The van der Waals surface area contributed by atoms with Crippen molar-refractivity contribution < 1.29 is 9.59 Å². The summed E-state index contributed by atoms with van der Waals surface area (Å²) in [6.07, 6.45) is 9.98. The number of rotatable bonds is 5. The van der Waals surface area contributed by atoms with Crippen LogP contribution in [-0.4, -0.2) is 79.0 Å². The molecule has 0 aromatic carbocycles. The van der Waals surface area contributed by atoms with Gasteiger partial charge in [-0.15, -0.1) is 11.3 Å². The molecule has 0 radical (unpaired) electrons. The Kier molecular flexibility index (Phi) is 7.30. The number of nitrogens with one attached hydrogen (secondary N) is 2. The minimum atomic E-state index is -0.359. The number of amides is 2. The molecule has 3 aromatic rings. The van der Waals surface area contributed by atoms with Crippen molar-refractivity contribution in [3.63, 3.8) is 0 Å². The lowest BCUT2D eigenvalue weighted by atomic mass is 9.73. The molecule has 0 bridgehead atoms. The van der Waals surface area contributed by atoms with Gasteiger partial charge in [-0.25, -0.2) is 15.0 Å². The van der Waals surface area contributed by atoms with E-state index in [1.165, 1.54) is 50.1 Å². The van der Waals surface area contributed by atoms with Crippen LogP contribution in [0, 0.1) is 0 Å². The topological polar surface area (TPSA) is 146 Å². The molecule has 2 aliphatic heterocycles. The number of nitrogens with zero attached hydrogens (tertiary/aromatic N) is 6. The predicted octanol–water partition coefficient (Wildman–Crippen LogP) is 3.40. The largest absolute Gasteiger partial charge is 0.368 e. The van der Waals surface area contributed by atoms with Gasteiger partial charge < -0.3 is 15.5 Å². The minimum Gasteiger partial charge on any atom is -0.368 e. The molecule has 6 rings (SSSR count). The summed E-state index contributed by atoms with van der Waals surface area (Å²) in [4.78, 5) is 44.0. The molecule has 2 fully saturated rings. The van der Waals surface area contributed by atoms with Crippen molar-refractivity contribution in [3.8, 4) is 11.4 Å². The Labute approximate surface area is 238 Å². The molecule has 3 aromatic heterocycles.